The second-order valence-electron chi connectivity index (χ2n) is 6.09. The van der Waals surface area contributed by atoms with Crippen LogP contribution in [-0.4, -0.2) is 40.9 Å². The number of benzene rings is 1. The minimum atomic E-state index is -1.10. The van der Waals surface area contributed by atoms with Crippen molar-refractivity contribution in [3.63, 3.8) is 0 Å². The van der Waals surface area contributed by atoms with Gasteiger partial charge in [-0.1, -0.05) is 12.1 Å². The number of carbonyl (C=O) groups is 1. The monoisotopic (exact) mass is 346 g/mol. The lowest BCUT2D eigenvalue weighted by Crippen LogP contribution is -2.35. The summed E-state index contributed by atoms with van der Waals surface area (Å²) in [6.45, 7) is 3.88. The van der Waals surface area contributed by atoms with Crippen LogP contribution in [0, 0.1) is 5.92 Å². The van der Waals surface area contributed by atoms with Crippen molar-refractivity contribution in [2.75, 3.05) is 24.6 Å². The molecule has 0 bridgehead atoms. The first-order valence-electron chi connectivity index (χ1n) is 8.43. The predicted octanol–water partition coefficient (Wildman–Crippen LogP) is 2.72. The summed E-state index contributed by atoms with van der Waals surface area (Å²) < 4.78 is 10.7. The summed E-state index contributed by atoms with van der Waals surface area (Å²) in [6.07, 6.45) is 2.17. The number of ether oxygens (including phenoxy) is 1. The van der Waals surface area contributed by atoms with Crippen LogP contribution in [0.15, 0.2) is 34.9 Å². The summed E-state index contributed by atoms with van der Waals surface area (Å²) >= 11 is 0. The lowest BCUT2D eigenvalue weighted by Gasteiger charge is -2.33. The first-order valence-corrected chi connectivity index (χ1v) is 8.43. The second kappa shape index (κ2) is 7.57. The number of aliphatic hydroxyl groups is 1. The third-order valence-electron chi connectivity index (χ3n) is 4.50. The average Bonchev–Trinajstić information content (AvgIpc) is 3.13. The molecule has 0 radical (unpaired) electrons. The van der Waals surface area contributed by atoms with Gasteiger partial charge < -0.3 is 24.3 Å². The summed E-state index contributed by atoms with van der Waals surface area (Å²) in [6, 6.07) is 7.87. The maximum atomic E-state index is 10.9. The Kier molecular flexibility index (Phi) is 5.23. The van der Waals surface area contributed by atoms with E-state index in [4.69, 9.17) is 14.3 Å². The number of hydrogen-bond donors (Lipinski definition) is 2. The van der Waals surface area contributed by atoms with Gasteiger partial charge in [0.25, 0.3) is 6.01 Å². The van der Waals surface area contributed by atoms with Crippen LogP contribution in [-0.2, 0) is 0 Å². The molecule has 0 spiro atoms. The number of aliphatic hydroxyl groups excluding tert-OH is 1. The van der Waals surface area contributed by atoms with E-state index in [2.05, 4.69) is 4.98 Å². The molecule has 1 unspecified atom stereocenters. The first kappa shape index (κ1) is 17.3. The number of carboxylic acid groups (broad SMARTS) is 1. The molecule has 1 aliphatic heterocycles. The van der Waals surface area contributed by atoms with E-state index >= 15 is 0 Å². The SMILES string of the molecule is CCOc1ccc(C(O)C2CCN(c3nc(C(=O)O)co3)CC2)cc1. The molecule has 1 aliphatic rings. The molecule has 1 aromatic carbocycles. The molecule has 1 atom stereocenters. The normalized spacial score (nSPS) is 16.6. The van der Waals surface area contributed by atoms with Crippen LogP contribution in [0.25, 0.3) is 0 Å². The molecule has 7 nitrogen and oxygen atoms in total. The molecule has 1 aromatic heterocycles. The van der Waals surface area contributed by atoms with Gasteiger partial charge in [-0.3, -0.25) is 0 Å². The molecule has 1 saturated heterocycles. The molecule has 3 rings (SSSR count). The Labute approximate surface area is 145 Å². The zero-order valence-corrected chi connectivity index (χ0v) is 14.1. The highest BCUT2D eigenvalue weighted by Crippen LogP contribution is 2.32. The molecular weight excluding hydrogens is 324 g/mol. The van der Waals surface area contributed by atoms with Crippen molar-refractivity contribution in [2.45, 2.75) is 25.9 Å². The predicted molar refractivity (Wildman–Crippen MR) is 91.0 cm³/mol. The van der Waals surface area contributed by atoms with Crippen LogP contribution in [0.3, 0.4) is 0 Å². The number of nitrogens with zero attached hydrogens (tertiary/aromatic N) is 2. The van der Waals surface area contributed by atoms with Crippen LogP contribution in [0.2, 0.25) is 0 Å². The number of rotatable bonds is 6. The van der Waals surface area contributed by atoms with Crippen LogP contribution in [0.4, 0.5) is 6.01 Å². The molecule has 0 aliphatic carbocycles. The van der Waals surface area contributed by atoms with Crippen molar-refractivity contribution in [2.24, 2.45) is 5.92 Å². The van der Waals surface area contributed by atoms with Gasteiger partial charge in [0.1, 0.15) is 12.0 Å². The van der Waals surface area contributed by atoms with E-state index in [9.17, 15) is 9.90 Å². The third kappa shape index (κ3) is 3.93. The lowest BCUT2D eigenvalue weighted by molar-refractivity contribution is 0.0690. The molecule has 2 heterocycles. The number of piperidine rings is 1. The van der Waals surface area contributed by atoms with Gasteiger partial charge in [0.15, 0.2) is 5.69 Å². The minimum absolute atomic E-state index is 0.0912. The maximum Gasteiger partial charge on any atom is 0.357 e. The molecule has 7 heteroatoms. The van der Waals surface area contributed by atoms with Crippen LogP contribution >= 0.6 is 0 Å². The highest BCUT2D eigenvalue weighted by molar-refractivity contribution is 5.85. The Bertz CT molecular complexity index is 705. The van der Waals surface area contributed by atoms with Gasteiger partial charge in [-0.05, 0) is 43.4 Å². The van der Waals surface area contributed by atoms with Crippen molar-refractivity contribution in [3.8, 4) is 5.75 Å². The standard InChI is InChI=1S/C18H22N2O5/c1-2-24-14-5-3-12(4-6-14)16(21)13-7-9-20(10-8-13)18-19-15(11-25-18)17(22)23/h3-6,11,13,16,21H,2,7-10H2,1H3,(H,22,23). The van der Waals surface area contributed by atoms with E-state index in [1.165, 1.54) is 0 Å². The van der Waals surface area contributed by atoms with E-state index in [1.54, 1.807) is 0 Å². The third-order valence-corrected chi connectivity index (χ3v) is 4.50. The van der Waals surface area contributed by atoms with E-state index < -0.39 is 12.1 Å². The lowest BCUT2D eigenvalue weighted by atomic mass is 9.87. The maximum absolute atomic E-state index is 10.9. The summed E-state index contributed by atoms with van der Waals surface area (Å²) in [4.78, 5) is 16.8. The quantitative estimate of drug-likeness (QED) is 0.830. The van der Waals surface area contributed by atoms with Crippen molar-refractivity contribution >= 4 is 12.0 Å². The number of carboxylic acids is 1. The Hall–Kier alpha value is -2.54. The van der Waals surface area contributed by atoms with Crippen molar-refractivity contribution in [3.05, 3.63) is 41.8 Å². The zero-order chi connectivity index (χ0) is 17.8. The van der Waals surface area contributed by atoms with Gasteiger partial charge in [0, 0.05) is 13.1 Å². The molecule has 2 aromatic rings. The second-order valence-corrected chi connectivity index (χ2v) is 6.09. The fraction of sp³-hybridized carbons (Fsp3) is 0.444. The number of oxazole rings is 1. The number of hydrogen-bond acceptors (Lipinski definition) is 6. The molecule has 2 N–H and O–H groups in total. The van der Waals surface area contributed by atoms with Crippen molar-refractivity contribution in [1.29, 1.82) is 0 Å². The fourth-order valence-corrected chi connectivity index (χ4v) is 3.11. The van der Waals surface area contributed by atoms with Gasteiger partial charge in [-0.15, -0.1) is 0 Å². The van der Waals surface area contributed by atoms with Gasteiger partial charge in [-0.25, -0.2) is 4.79 Å². The topological polar surface area (TPSA) is 96.0 Å². The van der Waals surface area contributed by atoms with E-state index in [0.29, 0.717) is 25.7 Å². The molecule has 0 amide bonds. The first-order chi connectivity index (χ1) is 12.1. The Balaban J connectivity index is 1.58. The number of anilines is 1. The van der Waals surface area contributed by atoms with Crippen LogP contribution < -0.4 is 9.64 Å². The van der Waals surface area contributed by atoms with E-state index in [1.807, 2.05) is 36.1 Å². The van der Waals surface area contributed by atoms with E-state index in [0.717, 1.165) is 30.4 Å². The fourth-order valence-electron chi connectivity index (χ4n) is 3.11. The molecule has 0 saturated carbocycles. The smallest absolute Gasteiger partial charge is 0.357 e. The van der Waals surface area contributed by atoms with Gasteiger partial charge in [0.2, 0.25) is 0 Å². The summed E-state index contributed by atoms with van der Waals surface area (Å²) in [7, 11) is 0. The summed E-state index contributed by atoms with van der Waals surface area (Å²) in [5.41, 5.74) is 0.790. The van der Waals surface area contributed by atoms with Gasteiger partial charge in [0.05, 0.1) is 12.7 Å². The minimum Gasteiger partial charge on any atom is -0.494 e. The summed E-state index contributed by atoms with van der Waals surface area (Å²) in [5.74, 6) is -0.162. The number of aromatic carboxylic acids is 1. The van der Waals surface area contributed by atoms with Crippen LogP contribution in [0.5, 0.6) is 5.75 Å². The molecule has 134 valence electrons. The number of aromatic nitrogens is 1. The molecular formula is C18H22N2O5. The van der Waals surface area contributed by atoms with Gasteiger partial charge in [-0.2, -0.15) is 4.98 Å². The zero-order valence-electron chi connectivity index (χ0n) is 14.1. The molecule has 25 heavy (non-hydrogen) atoms. The van der Waals surface area contributed by atoms with Crippen molar-refractivity contribution < 1.29 is 24.2 Å². The van der Waals surface area contributed by atoms with Gasteiger partial charge >= 0.3 is 5.97 Å². The highest BCUT2D eigenvalue weighted by atomic mass is 16.5. The Morgan fingerprint density at radius 1 is 1.36 bits per heavy atom. The van der Waals surface area contributed by atoms with E-state index in [-0.39, 0.29) is 11.6 Å². The van der Waals surface area contributed by atoms with Crippen LogP contribution in [0.1, 0.15) is 41.9 Å². The Morgan fingerprint density at radius 3 is 2.60 bits per heavy atom. The Morgan fingerprint density at radius 2 is 2.04 bits per heavy atom. The average molecular weight is 346 g/mol. The highest BCUT2D eigenvalue weighted by Gasteiger charge is 2.28. The molecule has 1 fully saturated rings. The van der Waals surface area contributed by atoms with Crippen molar-refractivity contribution in [1.82, 2.24) is 4.98 Å². The largest absolute Gasteiger partial charge is 0.494 e. The summed E-state index contributed by atoms with van der Waals surface area (Å²) in [5, 5.41) is 19.5.